The molecular formula is C16H17F3N2O2. The highest BCUT2D eigenvalue weighted by Crippen LogP contribution is 2.39. The molecule has 1 aliphatic carbocycles. The summed E-state index contributed by atoms with van der Waals surface area (Å²) in [6.07, 6.45) is -3.42. The SMILES string of the molecule is CC1(C)CC(=O)[C@@H]2C(c3ccc(OC(F)(F)F)cc3)=NN[C@@H]2C1. The van der Waals surface area contributed by atoms with E-state index in [2.05, 4.69) is 15.3 Å². The van der Waals surface area contributed by atoms with Crippen molar-refractivity contribution in [2.24, 2.45) is 16.4 Å². The van der Waals surface area contributed by atoms with Crippen LogP contribution in [0.2, 0.25) is 0 Å². The van der Waals surface area contributed by atoms with Gasteiger partial charge in [-0.3, -0.25) is 4.79 Å². The van der Waals surface area contributed by atoms with Gasteiger partial charge in [-0.05, 0) is 41.7 Å². The summed E-state index contributed by atoms with van der Waals surface area (Å²) in [5.41, 5.74) is 4.16. The summed E-state index contributed by atoms with van der Waals surface area (Å²) in [7, 11) is 0. The molecule has 0 amide bonds. The van der Waals surface area contributed by atoms with Crippen LogP contribution in [-0.2, 0) is 4.79 Å². The average molecular weight is 326 g/mol. The average Bonchev–Trinajstić information content (AvgIpc) is 2.80. The number of fused-ring (bicyclic) bond motifs is 1. The van der Waals surface area contributed by atoms with Crippen LogP contribution in [0.3, 0.4) is 0 Å². The fourth-order valence-electron chi connectivity index (χ4n) is 3.35. The van der Waals surface area contributed by atoms with Crippen LogP contribution in [0.5, 0.6) is 5.75 Å². The summed E-state index contributed by atoms with van der Waals surface area (Å²) in [5.74, 6) is -0.511. The van der Waals surface area contributed by atoms with E-state index in [1.165, 1.54) is 24.3 Å². The predicted octanol–water partition coefficient (Wildman–Crippen LogP) is 3.27. The van der Waals surface area contributed by atoms with Crippen LogP contribution in [0.1, 0.15) is 32.3 Å². The molecule has 1 heterocycles. The molecule has 1 aromatic rings. The molecule has 2 atom stereocenters. The lowest BCUT2D eigenvalue weighted by molar-refractivity contribution is -0.274. The number of nitrogens with one attached hydrogen (secondary N) is 1. The molecule has 23 heavy (non-hydrogen) atoms. The van der Waals surface area contributed by atoms with Gasteiger partial charge in [-0.25, -0.2) is 0 Å². The lowest BCUT2D eigenvalue weighted by Crippen LogP contribution is -2.45. The fraction of sp³-hybridized carbons (Fsp3) is 0.500. The van der Waals surface area contributed by atoms with E-state index in [-0.39, 0.29) is 28.9 Å². The summed E-state index contributed by atoms with van der Waals surface area (Å²) < 4.78 is 40.4. The zero-order valence-corrected chi connectivity index (χ0v) is 12.8. The Kier molecular flexibility index (Phi) is 3.61. The second-order valence-electron chi connectivity index (χ2n) is 6.79. The topological polar surface area (TPSA) is 50.7 Å². The molecule has 4 nitrogen and oxygen atoms in total. The van der Waals surface area contributed by atoms with E-state index >= 15 is 0 Å². The predicted molar refractivity (Wildman–Crippen MR) is 78.1 cm³/mol. The number of hydrogen-bond donors (Lipinski definition) is 1. The van der Waals surface area contributed by atoms with Gasteiger partial charge in [0.05, 0.1) is 17.7 Å². The lowest BCUT2D eigenvalue weighted by Gasteiger charge is -2.36. The normalized spacial score (nSPS) is 26.3. The Morgan fingerprint density at radius 3 is 2.52 bits per heavy atom. The van der Waals surface area contributed by atoms with Crippen molar-refractivity contribution in [2.45, 2.75) is 39.1 Å². The Morgan fingerprint density at radius 2 is 1.91 bits per heavy atom. The third kappa shape index (κ3) is 3.33. The highest BCUT2D eigenvalue weighted by atomic mass is 19.4. The fourth-order valence-corrected chi connectivity index (χ4v) is 3.35. The van der Waals surface area contributed by atoms with Gasteiger partial charge in [0.25, 0.3) is 0 Å². The summed E-state index contributed by atoms with van der Waals surface area (Å²) in [6.45, 7) is 4.09. The molecule has 0 unspecified atom stereocenters. The second-order valence-corrected chi connectivity index (χ2v) is 6.79. The summed E-state index contributed by atoms with van der Waals surface area (Å²) in [6, 6.07) is 5.41. The number of carbonyl (C=O) groups excluding carboxylic acids is 1. The number of hydrogen-bond acceptors (Lipinski definition) is 4. The van der Waals surface area contributed by atoms with E-state index in [0.29, 0.717) is 17.7 Å². The third-order valence-corrected chi connectivity index (χ3v) is 4.20. The molecule has 1 N–H and O–H groups in total. The molecule has 0 bridgehead atoms. The maximum Gasteiger partial charge on any atom is 0.573 e. The molecular weight excluding hydrogens is 309 g/mol. The number of Topliss-reactive ketones (excluding diaryl/α,β-unsaturated/α-hetero) is 1. The first-order valence-electron chi connectivity index (χ1n) is 7.37. The lowest BCUT2D eigenvalue weighted by atomic mass is 9.68. The van der Waals surface area contributed by atoms with Crippen LogP contribution in [0.15, 0.2) is 29.4 Å². The van der Waals surface area contributed by atoms with Crippen molar-refractivity contribution < 1.29 is 22.7 Å². The maximum atomic E-state index is 12.4. The van der Waals surface area contributed by atoms with Gasteiger partial charge in [0.2, 0.25) is 0 Å². The van der Waals surface area contributed by atoms with E-state index in [0.717, 1.165) is 6.42 Å². The van der Waals surface area contributed by atoms with Crippen molar-refractivity contribution in [1.82, 2.24) is 5.43 Å². The largest absolute Gasteiger partial charge is 0.573 e. The van der Waals surface area contributed by atoms with Crippen LogP contribution in [0.4, 0.5) is 13.2 Å². The molecule has 0 radical (unpaired) electrons. The van der Waals surface area contributed by atoms with E-state index in [9.17, 15) is 18.0 Å². The van der Waals surface area contributed by atoms with Crippen LogP contribution in [-0.4, -0.2) is 23.9 Å². The van der Waals surface area contributed by atoms with Crippen LogP contribution < -0.4 is 10.2 Å². The number of rotatable bonds is 2. The molecule has 2 aliphatic rings. The van der Waals surface area contributed by atoms with Gasteiger partial charge in [-0.2, -0.15) is 5.10 Å². The number of halogens is 3. The first kappa shape index (κ1) is 15.8. The minimum Gasteiger partial charge on any atom is -0.406 e. The molecule has 0 spiro atoms. The highest BCUT2D eigenvalue weighted by Gasteiger charge is 2.46. The number of nitrogens with zero attached hydrogens (tertiary/aromatic N) is 1. The Morgan fingerprint density at radius 1 is 1.26 bits per heavy atom. The quantitative estimate of drug-likeness (QED) is 0.907. The summed E-state index contributed by atoms with van der Waals surface area (Å²) in [5, 5.41) is 4.25. The monoisotopic (exact) mass is 326 g/mol. The molecule has 1 aromatic carbocycles. The zero-order valence-electron chi connectivity index (χ0n) is 12.8. The van der Waals surface area contributed by atoms with Crippen molar-refractivity contribution >= 4 is 11.5 Å². The van der Waals surface area contributed by atoms with Crippen molar-refractivity contribution in [3.8, 4) is 5.75 Å². The Bertz CT molecular complexity index is 650. The minimum atomic E-state index is -4.72. The van der Waals surface area contributed by atoms with E-state index < -0.39 is 6.36 Å². The van der Waals surface area contributed by atoms with E-state index in [1.54, 1.807) is 0 Å². The van der Waals surface area contributed by atoms with Crippen molar-refractivity contribution in [3.63, 3.8) is 0 Å². The first-order chi connectivity index (χ1) is 10.6. The summed E-state index contributed by atoms with van der Waals surface area (Å²) in [4.78, 5) is 12.4. The number of ketones is 1. The minimum absolute atomic E-state index is 0.0487. The standard InChI is InChI=1S/C16H17F3N2O2/c1-15(2)7-11-13(12(22)8-15)14(21-20-11)9-3-5-10(6-4-9)23-16(17,18)19/h3-6,11,13,20H,7-8H2,1-2H3/t11-,13-/m1/s1. The van der Waals surface area contributed by atoms with Gasteiger partial charge in [-0.1, -0.05) is 13.8 Å². The van der Waals surface area contributed by atoms with Gasteiger partial charge in [0.15, 0.2) is 0 Å². The molecule has 1 aliphatic heterocycles. The zero-order chi connectivity index (χ0) is 16.8. The number of alkyl halides is 3. The molecule has 0 aromatic heterocycles. The highest BCUT2D eigenvalue weighted by molar-refractivity contribution is 6.15. The smallest absolute Gasteiger partial charge is 0.406 e. The maximum absolute atomic E-state index is 12.4. The molecule has 3 rings (SSSR count). The number of carbonyl (C=O) groups is 1. The van der Waals surface area contributed by atoms with E-state index in [1.807, 2.05) is 13.8 Å². The van der Waals surface area contributed by atoms with Gasteiger partial charge in [-0.15, -0.1) is 13.2 Å². The molecule has 1 saturated carbocycles. The van der Waals surface area contributed by atoms with Crippen molar-refractivity contribution in [2.75, 3.05) is 0 Å². The van der Waals surface area contributed by atoms with Gasteiger partial charge in [0.1, 0.15) is 11.5 Å². The Labute approximate surface area is 131 Å². The van der Waals surface area contributed by atoms with Crippen molar-refractivity contribution in [3.05, 3.63) is 29.8 Å². The Balaban J connectivity index is 1.79. The second kappa shape index (κ2) is 5.25. The number of hydrazone groups is 1. The molecule has 0 saturated heterocycles. The molecule has 124 valence electrons. The third-order valence-electron chi connectivity index (χ3n) is 4.20. The summed E-state index contributed by atoms with van der Waals surface area (Å²) >= 11 is 0. The number of ether oxygens (including phenoxy) is 1. The van der Waals surface area contributed by atoms with Crippen molar-refractivity contribution in [1.29, 1.82) is 0 Å². The number of benzene rings is 1. The van der Waals surface area contributed by atoms with Gasteiger partial charge in [0, 0.05) is 6.42 Å². The van der Waals surface area contributed by atoms with Crippen LogP contribution in [0, 0.1) is 11.3 Å². The first-order valence-corrected chi connectivity index (χ1v) is 7.37. The van der Waals surface area contributed by atoms with E-state index in [4.69, 9.17) is 0 Å². The molecule has 7 heteroatoms. The Hall–Kier alpha value is -2.05. The van der Waals surface area contributed by atoms with Gasteiger partial charge < -0.3 is 10.2 Å². The van der Waals surface area contributed by atoms with Crippen LogP contribution >= 0.6 is 0 Å². The van der Waals surface area contributed by atoms with Gasteiger partial charge >= 0.3 is 6.36 Å². The van der Waals surface area contributed by atoms with Crippen LogP contribution in [0.25, 0.3) is 0 Å². The molecule has 1 fully saturated rings.